The summed E-state index contributed by atoms with van der Waals surface area (Å²) in [4.78, 5) is 0. The van der Waals surface area contributed by atoms with Crippen LogP contribution in [0.1, 0.15) is 44.5 Å². The summed E-state index contributed by atoms with van der Waals surface area (Å²) in [7, 11) is 0. The lowest BCUT2D eigenvalue weighted by molar-refractivity contribution is 0.769. The second kappa shape index (κ2) is 30.6. The maximum absolute atomic E-state index is 2.56. The lowest BCUT2D eigenvalue weighted by Crippen LogP contribution is -2.29. The highest BCUT2D eigenvalue weighted by Crippen LogP contribution is 2.62. The van der Waals surface area contributed by atoms with Crippen LogP contribution >= 0.6 is 0 Å². The van der Waals surface area contributed by atoms with Crippen molar-refractivity contribution in [2.75, 3.05) is 0 Å². The van der Waals surface area contributed by atoms with E-state index in [9.17, 15) is 0 Å². The SMILES string of the molecule is c1ccc(-c2cccc(-n3c4ccc(-c5ccc6c(c5)c5ccccc5n6-c5ccc6ccccc6c5)cc4c4ccc5c(c43)-c3ccccc3C5(c3ccccc3)c3ccccc3)c2)cc1.c1ccc(-c2cccc(-n3c4ccc(-c5ccc6c(c5)c5ccccc5n6-c5ccc6ccccc6c5)cc4c4ccc5c(c43)C(c3ccccc3)(c3ccccc3)c3ccccc3-5)c2)cc1. The van der Waals surface area contributed by atoms with E-state index in [2.05, 4.69) is 528 Å². The molecule has 0 fully saturated rings. The van der Waals surface area contributed by atoms with Crippen LogP contribution < -0.4 is 0 Å². The van der Waals surface area contributed by atoms with Crippen molar-refractivity contribution in [1.82, 2.24) is 18.3 Å². The summed E-state index contributed by atoms with van der Waals surface area (Å²) in [6.45, 7) is 0. The molecule has 0 atom stereocenters. The van der Waals surface area contributed by atoms with Gasteiger partial charge in [-0.2, -0.15) is 0 Å². The lowest BCUT2D eigenvalue weighted by atomic mass is 9.67. The molecule has 0 saturated carbocycles. The minimum atomic E-state index is -0.579. The summed E-state index contributed by atoms with van der Waals surface area (Å²) < 4.78 is 9.95. The minimum absolute atomic E-state index is 0.512. The van der Waals surface area contributed by atoms with E-state index in [0.29, 0.717) is 0 Å². The molecule has 22 aromatic carbocycles. The molecule has 4 heteroatoms. The predicted octanol–water partition coefficient (Wildman–Crippen LogP) is 33.5. The van der Waals surface area contributed by atoms with Crippen LogP contribution in [0.5, 0.6) is 0 Å². The van der Waals surface area contributed by atoms with E-state index in [1.807, 2.05) is 0 Å². The van der Waals surface area contributed by atoms with Gasteiger partial charge in [0.25, 0.3) is 0 Å². The molecule has 4 aromatic heterocycles. The van der Waals surface area contributed by atoms with E-state index in [1.165, 1.54) is 231 Å². The Morgan fingerprint density at radius 3 is 0.948 bits per heavy atom. The van der Waals surface area contributed by atoms with Gasteiger partial charge in [0.1, 0.15) is 0 Å². The molecule has 0 aliphatic heterocycles. The molecule has 624 valence electrons. The van der Waals surface area contributed by atoms with Gasteiger partial charge in [0.05, 0.1) is 55.0 Å². The number of nitrogens with zero attached hydrogens (tertiary/aromatic N) is 4. The molecule has 0 N–H and O–H groups in total. The molecule has 26 aromatic rings. The highest BCUT2D eigenvalue weighted by Gasteiger charge is 2.50. The molecule has 0 amide bonds. The van der Waals surface area contributed by atoms with Crippen molar-refractivity contribution in [3.05, 3.63) is 554 Å². The van der Waals surface area contributed by atoms with Crippen molar-refractivity contribution in [3.8, 4) is 89.5 Å². The fourth-order valence-electron chi connectivity index (χ4n) is 23.4. The number of hydrogen-bond donors (Lipinski definition) is 0. The molecule has 0 radical (unpaired) electrons. The highest BCUT2D eigenvalue weighted by atomic mass is 15.0. The first-order chi connectivity index (χ1) is 66.5. The van der Waals surface area contributed by atoms with Gasteiger partial charge in [0.2, 0.25) is 0 Å². The molecule has 0 unspecified atom stereocenters. The number of para-hydroxylation sites is 2. The molecular weight excluding hydrogens is 1620 g/mol. The van der Waals surface area contributed by atoms with Crippen molar-refractivity contribution in [2.45, 2.75) is 10.8 Å². The Hall–Kier alpha value is -17.4. The molecule has 4 nitrogen and oxygen atoms in total. The zero-order valence-electron chi connectivity index (χ0n) is 73.3. The van der Waals surface area contributed by atoms with Crippen molar-refractivity contribution in [2.24, 2.45) is 0 Å². The largest absolute Gasteiger partial charge is 0.309 e. The number of benzene rings is 22. The molecule has 4 heterocycles. The lowest BCUT2D eigenvalue weighted by Gasteiger charge is -2.34. The summed E-state index contributed by atoms with van der Waals surface area (Å²) in [5.41, 5.74) is 38.1. The number of hydrogen-bond acceptors (Lipinski definition) is 0. The predicted molar refractivity (Wildman–Crippen MR) is 562 cm³/mol. The first kappa shape index (κ1) is 76.6. The third kappa shape index (κ3) is 11.6. The van der Waals surface area contributed by atoms with Crippen molar-refractivity contribution < 1.29 is 0 Å². The second-order valence-electron chi connectivity index (χ2n) is 36.0. The Bertz CT molecular complexity index is 9160. The Kier molecular flexibility index (Phi) is 17.5. The zero-order valence-corrected chi connectivity index (χ0v) is 73.3. The van der Waals surface area contributed by atoms with E-state index < -0.39 is 10.8 Å². The average molecular weight is 1700 g/mol. The standard InChI is InChI=1S/2C65H42N2/c1-4-17-43(18-5-1)46-21-16-26-51(39-46)67-62-38-33-48(47-32-37-61-56(41-47)53-27-13-15-30-60(53)66(61)52-34-31-44-19-10-11-20-45(44)40-52)42-57(62)54-35-36-59-63(64(54)67)55-28-12-14-29-58(55)65(59,49-22-6-2-7-23-49)50-24-8-3-9-25-50;1-4-17-43(18-5-1)46-21-16-26-51(39-46)67-62-38-33-48(47-32-37-61-57(41-47)54-28-13-15-30-60(54)66(61)52-34-31-44-19-10-11-20-45(44)40-52)42-58(62)56-36-35-55-53-27-12-14-29-59(53)65(63(55)64(56)67,49-22-6-2-7-23-49)50-24-8-3-9-25-50/h2*1-42H. The van der Waals surface area contributed by atoms with E-state index in [1.54, 1.807) is 0 Å². The maximum Gasteiger partial charge on any atom is 0.0734 e. The molecule has 0 saturated heterocycles. The zero-order chi connectivity index (χ0) is 88.1. The van der Waals surface area contributed by atoms with E-state index in [0.717, 1.165) is 11.4 Å². The van der Waals surface area contributed by atoms with Crippen LogP contribution in [0.25, 0.3) is 198 Å². The fourth-order valence-corrected chi connectivity index (χ4v) is 23.4. The molecule has 28 rings (SSSR count). The van der Waals surface area contributed by atoms with Gasteiger partial charge in [-0.15, -0.1) is 0 Å². The Morgan fingerprint density at radius 1 is 0.149 bits per heavy atom. The summed E-state index contributed by atoms with van der Waals surface area (Å²) >= 11 is 0. The molecule has 0 bridgehead atoms. The summed E-state index contributed by atoms with van der Waals surface area (Å²) in [6, 6.07) is 189. The van der Waals surface area contributed by atoms with Crippen molar-refractivity contribution in [3.63, 3.8) is 0 Å². The number of rotatable bonds is 12. The normalized spacial score (nSPS) is 12.9. The van der Waals surface area contributed by atoms with E-state index >= 15 is 0 Å². The third-order valence-corrected chi connectivity index (χ3v) is 29.1. The fraction of sp³-hybridized carbons (Fsp3) is 0.0154. The molecular formula is C130H84N4. The van der Waals surface area contributed by atoms with Gasteiger partial charge in [-0.25, -0.2) is 0 Å². The van der Waals surface area contributed by atoms with Crippen LogP contribution in [0.3, 0.4) is 0 Å². The van der Waals surface area contributed by atoms with Gasteiger partial charge < -0.3 is 18.3 Å². The Morgan fingerprint density at radius 2 is 0.478 bits per heavy atom. The smallest absolute Gasteiger partial charge is 0.0734 e. The first-order valence-corrected chi connectivity index (χ1v) is 46.5. The van der Waals surface area contributed by atoms with Crippen molar-refractivity contribution >= 4 is 109 Å². The molecule has 134 heavy (non-hydrogen) atoms. The number of aromatic nitrogens is 4. The molecule has 2 aliphatic carbocycles. The number of fused-ring (bicyclic) bond motifs is 22. The van der Waals surface area contributed by atoms with Crippen LogP contribution in [0.15, 0.2) is 510 Å². The third-order valence-electron chi connectivity index (χ3n) is 29.1. The maximum atomic E-state index is 2.56. The van der Waals surface area contributed by atoms with Crippen LogP contribution in [0, 0.1) is 0 Å². The van der Waals surface area contributed by atoms with Gasteiger partial charge in [-0.1, -0.05) is 400 Å². The van der Waals surface area contributed by atoms with Gasteiger partial charge in [0.15, 0.2) is 0 Å². The van der Waals surface area contributed by atoms with Gasteiger partial charge in [-0.05, 0) is 231 Å². The van der Waals surface area contributed by atoms with Crippen LogP contribution in [-0.2, 0) is 10.8 Å². The first-order valence-electron chi connectivity index (χ1n) is 46.5. The van der Waals surface area contributed by atoms with Gasteiger partial charge in [0, 0.05) is 77.0 Å². The second-order valence-corrected chi connectivity index (χ2v) is 36.0. The molecule has 2 aliphatic rings. The quantitative estimate of drug-likeness (QED) is 0.116. The van der Waals surface area contributed by atoms with Crippen molar-refractivity contribution in [1.29, 1.82) is 0 Å². The van der Waals surface area contributed by atoms with E-state index in [4.69, 9.17) is 0 Å². The topological polar surface area (TPSA) is 19.7 Å². The minimum Gasteiger partial charge on any atom is -0.309 e. The molecule has 0 spiro atoms. The summed E-state index contributed by atoms with van der Waals surface area (Å²) in [6.07, 6.45) is 0. The average Bonchev–Trinajstić information content (AvgIpc) is 1.51. The Labute approximate surface area is 776 Å². The van der Waals surface area contributed by atoms with Gasteiger partial charge in [-0.3, -0.25) is 0 Å². The van der Waals surface area contributed by atoms with Crippen LogP contribution in [-0.4, -0.2) is 18.3 Å². The van der Waals surface area contributed by atoms with Crippen LogP contribution in [0.2, 0.25) is 0 Å². The Balaban J connectivity index is 0.000000136. The van der Waals surface area contributed by atoms with Crippen LogP contribution in [0.4, 0.5) is 0 Å². The highest BCUT2D eigenvalue weighted by molar-refractivity contribution is 6.20. The monoisotopic (exact) mass is 1700 g/mol. The van der Waals surface area contributed by atoms with E-state index in [-0.39, 0.29) is 0 Å². The summed E-state index contributed by atoms with van der Waals surface area (Å²) in [5, 5.41) is 14.9. The summed E-state index contributed by atoms with van der Waals surface area (Å²) in [5.74, 6) is 0. The van der Waals surface area contributed by atoms with Gasteiger partial charge >= 0.3 is 0 Å².